The fourth-order valence-electron chi connectivity index (χ4n) is 3.28. The van der Waals surface area contributed by atoms with Crippen LogP contribution in [0.1, 0.15) is 37.8 Å². The monoisotopic (exact) mass is 363 g/mol. The van der Waals surface area contributed by atoms with Crippen molar-refractivity contribution >= 4 is 22.5 Å². The number of benzene rings is 2. The molecule has 3 aromatic rings. The van der Waals surface area contributed by atoms with Crippen LogP contribution in [0.15, 0.2) is 53.6 Å². The van der Waals surface area contributed by atoms with Gasteiger partial charge >= 0.3 is 0 Å². The number of hydrogen-bond acceptors (Lipinski definition) is 3. The molecule has 0 radical (unpaired) electrons. The number of fused-ring (bicyclic) bond motifs is 1. The maximum Gasteiger partial charge on any atom is 0.261 e. The first kappa shape index (κ1) is 18.8. The smallest absolute Gasteiger partial charge is 0.261 e. The molecule has 140 valence electrons. The van der Waals surface area contributed by atoms with Crippen LogP contribution in [0.2, 0.25) is 0 Å². The van der Waals surface area contributed by atoms with Crippen molar-refractivity contribution in [3.8, 4) is 0 Å². The highest BCUT2D eigenvalue weighted by Crippen LogP contribution is 2.22. The summed E-state index contributed by atoms with van der Waals surface area (Å²) in [6, 6.07) is 13.4. The van der Waals surface area contributed by atoms with E-state index >= 15 is 0 Å². The van der Waals surface area contributed by atoms with E-state index in [0.29, 0.717) is 30.3 Å². The van der Waals surface area contributed by atoms with E-state index < -0.39 is 0 Å². The van der Waals surface area contributed by atoms with Crippen molar-refractivity contribution < 1.29 is 4.79 Å². The van der Waals surface area contributed by atoms with E-state index in [4.69, 9.17) is 0 Å². The lowest BCUT2D eigenvalue weighted by Gasteiger charge is -2.14. The number of nitrogens with zero attached hydrogens (tertiary/aromatic N) is 2. The first-order valence-corrected chi connectivity index (χ1v) is 9.48. The number of aryl methyl sites for hydroxylation is 3. The summed E-state index contributed by atoms with van der Waals surface area (Å²) in [6.45, 7) is 4.65. The number of carbonyl (C=O) groups excluding carboxylic acids is 1. The van der Waals surface area contributed by atoms with Crippen molar-refractivity contribution in [1.82, 2.24) is 9.55 Å². The average molecular weight is 363 g/mol. The summed E-state index contributed by atoms with van der Waals surface area (Å²) in [5, 5.41) is 3.68. The second-order valence-electron chi connectivity index (χ2n) is 6.57. The Morgan fingerprint density at radius 3 is 2.44 bits per heavy atom. The molecule has 0 bridgehead atoms. The summed E-state index contributed by atoms with van der Waals surface area (Å²) in [5.41, 5.74) is 3.87. The summed E-state index contributed by atoms with van der Waals surface area (Å²) in [7, 11) is 0. The normalized spacial score (nSPS) is 10.9. The standard InChI is InChI=1S/C22H25N3O2/c1-3-16-9-7-10-17(4-2)21(16)24-20(26)13-8-14-25-15-23-19-12-6-5-11-18(19)22(25)27/h5-7,9-12,15H,3-4,8,13-14H2,1-2H3,(H,24,26). The van der Waals surface area contributed by atoms with Gasteiger partial charge in [-0.05, 0) is 42.5 Å². The maximum absolute atomic E-state index is 12.5. The third-order valence-electron chi connectivity index (χ3n) is 4.80. The molecule has 0 fully saturated rings. The molecule has 5 heteroatoms. The molecule has 1 heterocycles. The van der Waals surface area contributed by atoms with Gasteiger partial charge in [0.1, 0.15) is 0 Å². The Bertz CT molecular complexity index is 986. The second-order valence-corrected chi connectivity index (χ2v) is 6.57. The second kappa shape index (κ2) is 8.62. The van der Waals surface area contributed by atoms with Gasteiger partial charge in [0.05, 0.1) is 17.2 Å². The zero-order chi connectivity index (χ0) is 19.2. The van der Waals surface area contributed by atoms with Gasteiger partial charge in [0.15, 0.2) is 0 Å². The molecular weight excluding hydrogens is 338 g/mol. The number of aromatic nitrogens is 2. The highest BCUT2D eigenvalue weighted by atomic mass is 16.1. The Morgan fingerprint density at radius 1 is 1.04 bits per heavy atom. The molecule has 0 saturated heterocycles. The summed E-state index contributed by atoms with van der Waals surface area (Å²) in [5.74, 6) is -0.0209. The van der Waals surface area contributed by atoms with E-state index in [0.717, 1.165) is 29.7 Å². The Morgan fingerprint density at radius 2 is 1.74 bits per heavy atom. The van der Waals surface area contributed by atoms with Crippen molar-refractivity contribution in [2.24, 2.45) is 0 Å². The third kappa shape index (κ3) is 4.25. The van der Waals surface area contributed by atoms with Crippen molar-refractivity contribution in [2.75, 3.05) is 5.32 Å². The quantitative estimate of drug-likeness (QED) is 0.691. The van der Waals surface area contributed by atoms with Crippen LogP contribution in [0.4, 0.5) is 5.69 Å². The molecule has 1 amide bonds. The minimum Gasteiger partial charge on any atom is -0.326 e. The number of amides is 1. The highest BCUT2D eigenvalue weighted by molar-refractivity contribution is 5.92. The molecule has 3 rings (SSSR count). The molecule has 27 heavy (non-hydrogen) atoms. The molecule has 0 aliphatic heterocycles. The fraction of sp³-hybridized carbons (Fsp3) is 0.318. The molecular formula is C22H25N3O2. The van der Waals surface area contributed by atoms with Crippen LogP contribution < -0.4 is 10.9 Å². The van der Waals surface area contributed by atoms with Gasteiger partial charge in [0.2, 0.25) is 5.91 Å². The van der Waals surface area contributed by atoms with Gasteiger partial charge < -0.3 is 5.32 Å². The SMILES string of the molecule is CCc1cccc(CC)c1NC(=O)CCCn1cnc2ccccc2c1=O. The largest absolute Gasteiger partial charge is 0.326 e. The highest BCUT2D eigenvalue weighted by Gasteiger charge is 2.10. The molecule has 0 unspecified atom stereocenters. The van der Waals surface area contributed by atoms with Gasteiger partial charge in [-0.2, -0.15) is 0 Å². The number of nitrogens with one attached hydrogen (secondary N) is 1. The molecule has 0 atom stereocenters. The summed E-state index contributed by atoms with van der Waals surface area (Å²) in [4.78, 5) is 29.2. The molecule has 0 aliphatic carbocycles. The average Bonchev–Trinajstić information content (AvgIpc) is 2.70. The zero-order valence-corrected chi connectivity index (χ0v) is 15.9. The van der Waals surface area contributed by atoms with E-state index in [1.54, 1.807) is 17.0 Å². The van der Waals surface area contributed by atoms with Crippen LogP contribution in [0.5, 0.6) is 0 Å². The van der Waals surface area contributed by atoms with Crippen LogP contribution in [-0.2, 0) is 24.2 Å². The lowest BCUT2D eigenvalue weighted by molar-refractivity contribution is -0.116. The molecule has 5 nitrogen and oxygen atoms in total. The van der Waals surface area contributed by atoms with Gasteiger partial charge in [0, 0.05) is 18.7 Å². The van der Waals surface area contributed by atoms with Crippen LogP contribution in [0, 0.1) is 0 Å². The predicted octanol–water partition coefficient (Wildman–Crippen LogP) is 3.94. The van der Waals surface area contributed by atoms with E-state index in [1.165, 1.54) is 0 Å². The summed E-state index contributed by atoms with van der Waals surface area (Å²) in [6.07, 6.45) is 4.26. The Kier molecular flexibility index (Phi) is 6.01. The van der Waals surface area contributed by atoms with E-state index in [9.17, 15) is 9.59 Å². The molecule has 0 aliphatic rings. The Balaban J connectivity index is 1.64. The van der Waals surface area contributed by atoms with E-state index in [2.05, 4.69) is 36.3 Å². The third-order valence-corrected chi connectivity index (χ3v) is 4.80. The minimum atomic E-state index is -0.0643. The van der Waals surface area contributed by atoms with Gasteiger partial charge in [-0.1, -0.05) is 44.2 Å². The van der Waals surface area contributed by atoms with Crippen LogP contribution in [0.25, 0.3) is 10.9 Å². The van der Waals surface area contributed by atoms with Gasteiger partial charge in [-0.15, -0.1) is 0 Å². The topological polar surface area (TPSA) is 64.0 Å². The number of para-hydroxylation sites is 2. The lowest BCUT2D eigenvalue weighted by Crippen LogP contribution is -2.22. The Hall–Kier alpha value is -2.95. The first-order valence-electron chi connectivity index (χ1n) is 9.48. The van der Waals surface area contributed by atoms with Gasteiger partial charge in [0.25, 0.3) is 5.56 Å². The number of rotatable bonds is 7. The van der Waals surface area contributed by atoms with E-state index in [-0.39, 0.29) is 11.5 Å². The van der Waals surface area contributed by atoms with Gasteiger partial charge in [-0.25, -0.2) is 4.98 Å². The van der Waals surface area contributed by atoms with Crippen molar-refractivity contribution in [2.45, 2.75) is 46.1 Å². The predicted molar refractivity (Wildman–Crippen MR) is 109 cm³/mol. The number of anilines is 1. The molecule has 2 aromatic carbocycles. The molecule has 1 N–H and O–H groups in total. The molecule has 0 saturated carbocycles. The van der Waals surface area contributed by atoms with Crippen molar-refractivity contribution in [1.29, 1.82) is 0 Å². The van der Waals surface area contributed by atoms with Gasteiger partial charge in [-0.3, -0.25) is 14.2 Å². The Labute approximate surface area is 159 Å². The summed E-state index contributed by atoms with van der Waals surface area (Å²) < 4.78 is 1.58. The maximum atomic E-state index is 12.5. The number of hydrogen-bond donors (Lipinski definition) is 1. The minimum absolute atomic E-state index is 0.0209. The number of carbonyl (C=O) groups is 1. The lowest BCUT2D eigenvalue weighted by atomic mass is 10.0. The zero-order valence-electron chi connectivity index (χ0n) is 15.9. The van der Waals surface area contributed by atoms with Crippen LogP contribution in [-0.4, -0.2) is 15.5 Å². The molecule has 1 aromatic heterocycles. The van der Waals surface area contributed by atoms with Crippen LogP contribution in [0.3, 0.4) is 0 Å². The van der Waals surface area contributed by atoms with Crippen LogP contribution >= 0.6 is 0 Å². The van der Waals surface area contributed by atoms with Crippen molar-refractivity contribution in [3.05, 3.63) is 70.3 Å². The van der Waals surface area contributed by atoms with E-state index in [1.807, 2.05) is 24.3 Å². The summed E-state index contributed by atoms with van der Waals surface area (Å²) >= 11 is 0. The molecule has 0 spiro atoms. The first-order chi connectivity index (χ1) is 13.1. The fourth-order valence-corrected chi connectivity index (χ4v) is 3.28. The van der Waals surface area contributed by atoms with Crippen molar-refractivity contribution in [3.63, 3.8) is 0 Å².